The van der Waals surface area contributed by atoms with E-state index >= 15 is 0 Å². The van der Waals surface area contributed by atoms with E-state index in [0.717, 1.165) is 0 Å². The van der Waals surface area contributed by atoms with Crippen molar-refractivity contribution in [1.29, 1.82) is 0 Å². The summed E-state index contributed by atoms with van der Waals surface area (Å²) in [6.07, 6.45) is 4.34. The molecule has 0 unspecified atom stereocenters. The first-order chi connectivity index (χ1) is 4.41. The molecule has 1 N–H and O–H groups in total. The van der Waals surface area contributed by atoms with Gasteiger partial charge in [0.15, 0.2) is 0 Å². The Morgan fingerprint density at radius 1 is 1.50 bits per heavy atom. The Morgan fingerprint density at radius 3 is 2.20 bits per heavy atom. The molecule has 3 nitrogen and oxygen atoms in total. The Hall–Kier alpha value is 0.210. The molecule has 0 aliphatic carbocycles. The van der Waals surface area contributed by atoms with Crippen LogP contribution in [-0.2, 0) is 4.57 Å². The van der Waals surface area contributed by atoms with Crippen LogP contribution in [-0.4, -0.2) is 9.88 Å². The molecule has 1 heterocycles. The molecule has 1 aromatic heterocycles. The van der Waals surface area contributed by atoms with Crippen LogP contribution in [0.5, 0.6) is 0 Å². The van der Waals surface area contributed by atoms with Crippen molar-refractivity contribution in [2.24, 2.45) is 0 Å². The van der Waals surface area contributed by atoms with Crippen LogP contribution in [0.1, 0.15) is 0 Å². The van der Waals surface area contributed by atoms with E-state index in [1.165, 1.54) is 0 Å². The molecule has 1 rings (SSSR count). The number of hydrogen-bond acceptors (Lipinski definition) is 2. The van der Waals surface area contributed by atoms with Crippen molar-refractivity contribution in [2.75, 3.05) is 0 Å². The number of pyridine rings is 1. The molecule has 0 aliphatic rings. The summed E-state index contributed by atoms with van der Waals surface area (Å²) in [4.78, 5) is 10.6. The fourth-order valence-electron chi connectivity index (χ4n) is 0.277. The Morgan fingerprint density at radius 2 is 2.10 bits per heavy atom. The first-order valence-electron chi connectivity index (χ1n) is 2.15. The first kappa shape index (κ1) is 12.8. The third kappa shape index (κ3) is 11.1. The molecule has 48 valence electrons. The molecule has 10 heavy (non-hydrogen) atoms. The van der Waals surface area contributed by atoms with E-state index in [1.54, 1.807) is 12.3 Å². The van der Waals surface area contributed by atoms with Gasteiger partial charge in [0.1, 0.15) is 0 Å². The summed E-state index contributed by atoms with van der Waals surface area (Å²) in [7, 11) is -0.833. The summed E-state index contributed by atoms with van der Waals surface area (Å²) in [5.41, 5.74) is 0. The smallest absolute Gasteiger partial charge is 0.394 e. The topological polar surface area (TPSA) is 50.2 Å². The molecule has 0 saturated heterocycles. The van der Waals surface area contributed by atoms with Crippen LogP contribution in [0.25, 0.3) is 0 Å². The van der Waals surface area contributed by atoms with Crippen LogP contribution >= 0.6 is 8.69 Å². The van der Waals surface area contributed by atoms with Crippen molar-refractivity contribution < 1.29 is 39.0 Å². The second kappa shape index (κ2) is 11.9. The molecule has 0 radical (unpaired) electrons. The molecule has 0 atom stereocenters. The summed E-state index contributed by atoms with van der Waals surface area (Å²) in [5, 5.41) is 0. The van der Waals surface area contributed by atoms with Crippen molar-refractivity contribution in [2.45, 2.75) is 0 Å². The van der Waals surface area contributed by atoms with Crippen LogP contribution in [0.15, 0.2) is 24.4 Å². The first-order valence-corrected chi connectivity index (χ1v) is 2.92. The van der Waals surface area contributed by atoms with Crippen LogP contribution < -0.4 is 29.6 Å². The molecule has 0 fully saturated rings. The maximum Gasteiger partial charge on any atom is 1.00 e. The summed E-state index contributed by atoms with van der Waals surface area (Å²) in [6, 6.07) is 5.50. The molecule has 0 aromatic carbocycles. The average molecular weight is 165 g/mol. The zero-order valence-electron chi connectivity index (χ0n) is 5.56. The van der Waals surface area contributed by atoms with E-state index < -0.39 is 8.69 Å². The predicted molar refractivity (Wildman–Crippen MR) is 32.9 cm³/mol. The maximum absolute atomic E-state index is 8.46. The van der Waals surface area contributed by atoms with Crippen LogP contribution in [0.2, 0.25) is 0 Å². The molecule has 0 aliphatic heterocycles. The average Bonchev–Trinajstić information content (AvgIpc) is 1.93. The third-order valence-electron chi connectivity index (χ3n) is 0.517. The Labute approximate surface area is 83.1 Å². The quantitative estimate of drug-likeness (QED) is 0.277. The van der Waals surface area contributed by atoms with Gasteiger partial charge in [-0.15, -0.1) is 0 Å². The van der Waals surface area contributed by atoms with Gasteiger partial charge in [-0.3, -0.25) is 0 Å². The van der Waals surface area contributed by atoms with Crippen molar-refractivity contribution in [3.8, 4) is 0 Å². The van der Waals surface area contributed by atoms with E-state index in [9.17, 15) is 0 Å². The fourth-order valence-corrected chi connectivity index (χ4v) is 0.277. The number of aromatic nitrogens is 1. The summed E-state index contributed by atoms with van der Waals surface area (Å²) >= 11 is 0. The van der Waals surface area contributed by atoms with Crippen LogP contribution in [0.3, 0.4) is 0 Å². The normalized spacial score (nSPS) is 6.90. The summed E-state index contributed by atoms with van der Waals surface area (Å²) in [5.74, 6) is 0. The van der Waals surface area contributed by atoms with Crippen molar-refractivity contribution in [3.05, 3.63) is 30.6 Å². The maximum atomic E-state index is 8.46. The Kier molecular flexibility index (Phi) is 15.3. The molecule has 0 spiro atoms. The van der Waals surface area contributed by atoms with Gasteiger partial charge >= 0.3 is 38.2 Å². The van der Waals surface area contributed by atoms with Crippen molar-refractivity contribution >= 4 is 8.69 Å². The monoisotopic (exact) mass is 165 g/mol. The number of hydrogen-bond donors (Lipinski definition) is 1. The number of nitrogens with zero attached hydrogens (tertiary/aromatic N) is 1. The van der Waals surface area contributed by atoms with E-state index in [4.69, 9.17) is 9.46 Å². The second-order valence-corrected chi connectivity index (χ2v) is 1.20. The zero-order valence-corrected chi connectivity index (χ0v) is 8.45. The molecule has 0 saturated carbocycles. The predicted octanol–water partition coefficient (Wildman–Crippen LogP) is -1.93. The van der Waals surface area contributed by atoms with Crippen molar-refractivity contribution in [1.82, 2.24) is 4.98 Å². The second-order valence-electron chi connectivity index (χ2n) is 1.04. The van der Waals surface area contributed by atoms with E-state index in [0.29, 0.717) is 0 Å². The molecular weight excluding hydrogens is 160 g/mol. The van der Waals surface area contributed by atoms with Crippen molar-refractivity contribution in [3.63, 3.8) is 0 Å². The molecular formula is C5H5NNaO2P. The van der Waals surface area contributed by atoms with Crippen LogP contribution in [0, 0.1) is 6.20 Å². The minimum atomic E-state index is -0.833. The van der Waals surface area contributed by atoms with Gasteiger partial charge in [0.2, 0.25) is 0 Å². The fraction of sp³-hybridized carbons (Fsp3) is 0. The third-order valence-corrected chi connectivity index (χ3v) is 0.517. The summed E-state index contributed by atoms with van der Waals surface area (Å²) in [6.45, 7) is 0. The van der Waals surface area contributed by atoms with Gasteiger partial charge in [-0.05, 0) is 0 Å². The van der Waals surface area contributed by atoms with Gasteiger partial charge in [-0.25, -0.2) is 4.57 Å². The SMILES string of the molecule is O=PO.[Na+].[c-]1ccccn1. The zero-order chi connectivity index (χ0) is 6.95. The van der Waals surface area contributed by atoms with Gasteiger partial charge in [0, 0.05) is 0 Å². The minimum Gasteiger partial charge on any atom is -0.394 e. The van der Waals surface area contributed by atoms with E-state index in [2.05, 4.69) is 11.2 Å². The number of rotatable bonds is 0. The standard InChI is InChI=1S/C5H4N.Na.HO2P/c1-2-4-6-5-3-1;;1-3-2/h1-4H;;(H,1,2)/q-1;+1;. The summed E-state index contributed by atoms with van der Waals surface area (Å²) < 4.78 is 8.46. The van der Waals surface area contributed by atoms with Gasteiger partial charge in [-0.2, -0.15) is 18.2 Å². The van der Waals surface area contributed by atoms with E-state index in [-0.39, 0.29) is 29.6 Å². The van der Waals surface area contributed by atoms with Gasteiger partial charge < -0.3 is 9.88 Å². The Bertz CT molecular complexity index is 123. The molecule has 1 aromatic rings. The van der Waals surface area contributed by atoms with Gasteiger partial charge in [0.25, 0.3) is 0 Å². The largest absolute Gasteiger partial charge is 1.00 e. The molecule has 0 bridgehead atoms. The molecule has 5 heteroatoms. The van der Waals surface area contributed by atoms with E-state index in [1.807, 2.05) is 12.1 Å². The van der Waals surface area contributed by atoms with Crippen LogP contribution in [0.4, 0.5) is 0 Å². The van der Waals surface area contributed by atoms with Gasteiger partial charge in [0.05, 0.1) is 0 Å². The minimum absolute atomic E-state index is 0. The van der Waals surface area contributed by atoms with Gasteiger partial charge in [-0.1, -0.05) is 12.4 Å². The molecule has 0 amide bonds. The Balaban J connectivity index is 0.